The molecule has 1 saturated carbocycles. The van der Waals surface area contributed by atoms with Gasteiger partial charge in [0.15, 0.2) is 0 Å². The van der Waals surface area contributed by atoms with Crippen LogP contribution in [0.4, 0.5) is 18.9 Å². The molecule has 2 atom stereocenters. The van der Waals surface area contributed by atoms with Crippen LogP contribution in [0.1, 0.15) is 57.1 Å². The summed E-state index contributed by atoms with van der Waals surface area (Å²) in [6, 6.07) is 5.75. The molecular weight excluding hydrogens is 457 g/mol. The lowest BCUT2D eigenvalue weighted by atomic mass is 9.78. The summed E-state index contributed by atoms with van der Waals surface area (Å²) in [5.41, 5.74) is -0.831. The predicted octanol–water partition coefficient (Wildman–Crippen LogP) is 4.19. The van der Waals surface area contributed by atoms with Crippen LogP contribution in [0.5, 0.6) is 0 Å². The van der Waals surface area contributed by atoms with Crippen LogP contribution in [-0.4, -0.2) is 48.9 Å². The largest absolute Gasteiger partial charge is 0.417 e. The first-order valence-corrected chi connectivity index (χ1v) is 12.5. The van der Waals surface area contributed by atoms with Crippen LogP contribution in [0.25, 0.3) is 0 Å². The van der Waals surface area contributed by atoms with Gasteiger partial charge in [0.25, 0.3) is 0 Å². The first-order chi connectivity index (χ1) is 16.6. The molecule has 1 aromatic carbocycles. The van der Waals surface area contributed by atoms with Crippen molar-refractivity contribution < 1.29 is 22.8 Å². The monoisotopic (exact) mass is 490 g/mol. The van der Waals surface area contributed by atoms with E-state index >= 15 is 0 Å². The fraction of sp³-hybridized carbons (Fsp3) is 0.654. The van der Waals surface area contributed by atoms with Crippen molar-refractivity contribution in [2.24, 2.45) is 23.7 Å². The number of hydrogen-bond donors (Lipinski definition) is 1. The van der Waals surface area contributed by atoms with Gasteiger partial charge in [-0.3, -0.25) is 9.59 Å². The molecule has 1 aliphatic carbocycles. The Labute approximate surface area is 204 Å². The number of benzene rings is 1. The Morgan fingerprint density at radius 1 is 1.14 bits per heavy atom. The van der Waals surface area contributed by atoms with Crippen molar-refractivity contribution in [3.05, 3.63) is 29.3 Å². The summed E-state index contributed by atoms with van der Waals surface area (Å²) in [6.07, 6.45) is -0.638. The number of hydrogen-bond acceptors (Lipinski definition) is 4. The molecular formula is C26H33F3N4O2. The zero-order valence-corrected chi connectivity index (χ0v) is 20.3. The second kappa shape index (κ2) is 10.1. The first kappa shape index (κ1) is 25.3. The van der Waals surface area contributed by atoms with Gasteiger partial charge in [-0.25, -0.2) is 0 Å². The van der Waals surface area contributed by atoms with Crippen LogP contribution in [-0.2, 0) is 15.8 Å². The molecule has 4 rings (SSSR count). The van der Waals surface area contributed by atoms with E-state index in [9.17, 15) is 22.8 Å². The molecule has 2 aliphatic heterocycles. The summed E-state index contributed by atoms with van der Waals surface area (Å²) in [4.78, 5) is 29.5. The Morgan fingerprint density at radius 3 is 2.40 bits per heavy atom. The van der Waals surface area contributed by atoms with Crippen LogP contribution in [0.2, 0.25) is 0 Å². The highest BCUT2D eigenvalue weighted by Crippen LogP contribution is 2.39. The van der Waals surface area contributed by atoms with E-state index in [1.807, 2.05) is 23.6 Å². The molecule has 0 aromatic heterocycles. The van der Waals surface area contributed by atoms with Gasteiger partial charge in [0, 0.05) is 44.3 Å². The molecule has 9 heteroatoms. The number of nitrogens with one attached hydrogen (secondary N) is 1. The van der Waals surface area contributed by atoms with Gasteiger partial charge in [-0.15, -0.1) is 0 Å². The Balaban J connectivity index is 1.45. The van der Waals surface area contributed by atoms with Crippen LogP contribution in [0.3, 0.4) is 0 Å². The summed E-state index contributed by atoms with van der Waals surface area (Å²) in [5.74, 6) is 0.396. The minimum atomic E-state index is -4.59. The third-order valence-electron chi connectivity index (χ3n) is 7.50. The van der Waals surface area contributed by atoms with E-state index in [0.29, 0.717) is 38.3 Å². The van der Waals surface area contributed by atoms with Crippen LogP contribution >= 0.6 is 0 Å². The Kier molecular flexibility index (Phi) is 7.30. The van der Waals surface area contributed by atoms with Gasteiger partial charge in [-0.2, -0.15) is 18.4 Å². The average Bonchev–Trinajstić information content (AvgIpc) is 3.51. The SMILES string of the molecule is CC(C)CC(=O)N1C[C@@H](C(=O)NC2CC2)[C@H](C2CCN(c3ccc(C#N)c(C(F)(F)F)c3)CC2)C1. The molecule has 0 unspecified atom stereocenters. The van der Waals surface area contributed by atoms with Gasteiger partial charge >= 0.3 is 6.18 Å². The maximum atomic E-state index is 13.4. The number of anilines is 1. The predicted molar refractivity (Wildman–Crippen MR) is 125 cm³/mol. The highest BCUT2D eigenvalue weighted by molar-refractivity contribution is 5.83. The Hall–Kier alpha value is -2.76. The van der Waals surface area contributed by atoms with E-state index in [2.05, 4.69) is 5.32 Å². The molecule has 6 nitrogen and oxygen atoms in total. The van der Waals surface area contributed by atoms with Gasteiger partial charge in [-0.05, 0) is 61.6 Å². The van der Waals surface area contributed by atoms with Gasteiger partial charge < -0.3 is 15.1 Å². The lowest BCUT2D eigenvalue weighted by Gasteiger charge is -2.37. The van der Waals surface area contributed by atoms with Gasteiger partial charge in [-0.1, -0.05) is 13.8 Å². The first-order valence-electron chi connectivity index (χ1n) is 12.5. The number of piperidine rings is 1. The third kappa shape index (κ3) is 5.91. The van der Waals surface area contributed by atoms with Crippen molar-refractivity contribution in [3.8, 4) is 6.07 Å². The van der Waals surface area contributed by atoms with Crippen molar-refractivity contribution in [2.45, 2.75) is 58.2 Å². The summed E-state index contributed by atoms with van der Waals surface area (Å²) >= 11 is 0. The summed E-state index contributed by atoms with van der Waals surface area (Å²) < 4.78 is 40.2. The van der Waals surface area contributed by atoms with Gasteiger partial charge in [0.1, 0.15) is 0 Å². The molecule has 0 spiro atoms. The fourth-order valence-corrected chi connectivity index (χ4v) is 5.45. The second-order valence-electron chi connectivity index (χ2n) is 10.6. The van der Waals surface area contributed by atoms with E-state index in [0.717, 1.165) is 31.7 Å². The van der Waals surface area contributed by atoms with E-state index in [-0.39, 0.29) is 47.1 Å². The molecule has 2 amide bonds. The zero-order chi connectivity index (χ0) is 25.3. The van der Waals surface area contributed by atoms with Crippen molar-refractivity contribution in [1.29, 1.82) is 5.26 Å². The van der Waals surface area contributed by atoms with E-state index in [4.69, 9.17) is 5.26 Å². The lowest BCUT2D eigenvalue weighted by Crippen LogP contribution is -2.42. The lowest BCUT2D eigenvalue weighted by molar-refractivity contribution is -0.137. The smallest absolute Gasteiger partial charge is 0.372 e. The molecule has 1 aromatic rings. The van der Waals surface area contributed by atoms with E-state index in [1.165, 1.54) is 6.07 Å². The number of nitriles is 1. The maximum absolute atomic E-state index is 13.4. The standard InChI is InChI=1S/C26H33F3N4O2/c1-16(2)11-24(34)33-14-21(22(15-33)25(35)31-19-4-5-19)17-7-9-32(10-8-17)20-6-3-18(13-30)23(12-20)26(27,28)29/h3,6,12,16-17,19,21-22H,4-5,7-11,14-15H2,1-2H3,(H,31,35)/t21-,22+/m0/s1. The van der Waals surface area contributed by atoms with Gasteiger partial charge in [0.05, 0.1) is 23.1 Å². The number of halogens is 3. The number of carbonyl (C=O) groups excluding carboxylic acids is 2. The molecule has 2 saturated heterocycles. The fourth-order valence-electron chi connectivity index (χ4n) is 5.45. The number of likely N-dealkylation sites (tertiary alicyclic amines) is 1. The number of nitrogens with zero attached hydrogens (tertiary/aromatic N) is 3. The van der Waals surface area contributed by atoms with Crippen molar-refractivity contribution >= 4 is 17.5 Å². The molecule has 0 bridgehead atoms. The maximum Gasteiger partial charge on any atom is 0.417 e. The minimum absolute atomic E-state index is 0.0293. The molecule has 3 fully saturated rings. The van der Waals surface area contributed by atoms with E-state index < -0.39 is 11.7 Å². The summed E-state index contributed by atoms with van der Waals surface area (Å²) in [7, 11) is 0. The molecule has 3 aliphatic rings. The van der Waals surface area contributed by atoms with Crippen LogP contribution in [0.15, 0.2) is 18.2 Å². The van der Waals surface area contributed by atoms with Gasteiger partial charge in [0.2, 0.25) is 11.8 Å². The molecule has 0 radical (unpaired) electrons. The normalized spacial score (nSPS) is 23.5. The average molecular weight is 491 g/mol. The number of rotatable bonds is 6. The highest BCUT2D eigenvalue weighted by Gasteiger charge is 2.45. The van der Waals surface area contributed by atoms with Crippen LogP contribution in [0, 0.1) is 35.0 Å². The number of amides is 2. The molecule has 1 N–H and O–H groups in total. The quantitative estimate of drug-likeness (QED) is 0.649. The number of alkyl halides is 3. The number of carbonyl (C=O) groups is 2. The van der Waals surface area contributed by atoms with Crippen LogP contribution < -0.4 is 10.2 Å². The van der Waals surface area contributed by atoms with Crippen molar-refractivity contribution in [3.63, 3.8) is 0 Å². The molecule has 190 valence electrons. The summed E-state index contributed by atoms with van der Waals surface area (Å²) in [6.45, 7) is 6.16. The third-order valence-corrected chi connectivity index (χ3v) is 7.50. The van der Waals surface area contributed by atoms with Crippen molar-refractivity contribution in [2.75, 3.05) is 31.1 Å². The van der Waals surface area contributed by atoms with Crippen molar-refractivity contribution in [1.82, 2.24) is 10.2 Å². The minimum Gasteiger partial charge on any atom is -0.372 e. The zero-order valence-electron chi connectivity index (χ0n) is 20.3. The summed E-state index contributed by atoms with van der Waals surface area (Å²) in [5, 5.41) is 12.2. The van der Waals surface area contributed by atoms with E-state index in [1.54, 1.807) is 12.1 Å². The molecule has 2 heterocycles. The topological polar surface area (TPSA) is 76.4 Å². The highest BCUT2D eigenvalue weighted by atomic mass is 19.4. The second-order valence-corrected chi connectivity index (χ2v) is 10.6. The Bertz CT molecular complexity index is 991. The molecule has 35 heavy (non-hydrogen) atoms. The Morgan fingerprint density at radius 2 is 1.83 bits per heavy atom.